The number of rotatable bonds is 6. The molecule has 88 valence electrons. The predicted octanol–water partition coefficient (Wildman–Crippen LogP) is 1.51. The molecule has 1 aromatic carbocycles. The van der Waals surface area contributed by atoms with E-state index in [1.807, 2.05) is 13.0 Å². The van der Waals surface area contributed by atoms with Gasteiger partial charge in [0.05, 0.1) is 6.10 Å². The molecule has 4 nitrogen and oxygen atoms in total. The standard InChI is InChI=1S/C12H17NO3/c1-2-6-11(14)9-16-13-12(15)10-7-4-3-5-8-10/h3-5,7-8,11,14H,2,6,9H2,1H3,(H,13,15). The monoisotopic (exact) mass is 223 g/mol. The van der Waals surface area contributed by atoms with Crippen LogP contribution in [0.3, 0.4) is 0 Å². The quantitative estimate of drug-likeness (QED) is 0.719. The van der Waals surface area contributed by atoms with E-state index in [0.717, 1.165) is 6.42 Å². The second-order valence-corrected chi connectivity index (χ2v) is 3.55. The van der Waals surface area contributed by atoms with Crippen LogP contribution in [0.4, 0.5) is 0 Å². The first-order valence-electron chi connectivity index (χ1n) is 5.39. The molecule has 0 aromatic heterocycles. The minimum atomic E-state index is -0.527. The zero-order valence-electron chi connectivity index (χ0n) is 9.35. The molecular weight excluding hydrogens is 206 g/mol. The lowest BCUT2D eigenvalue weighted by atomic mass is 10.2. The molecule has 0 fully saturated rings. The van der Waals surface area contributed by atoms with Gasteiger partial charge in [0.2, 0.25) is 0 Å². The Morgan fingerprint density at radius 3 is 2.75 bits per heavy atom. The number of amides is 1. The molecule has 0 spiro atoms. The van der Waals surface area contributed by atoms with E-state index in [-0.39, 0.29) is 12.5 Å². The molecule has 0 bridgehead atoms. The second kappa shape index (κ2) is 6.98. The van der Waals surface area contributed by atoms with Gasteiger partial charge < -0.3 is 5.11 Å². The third-order valence-electron chi connectivity index (χ3n) is 2.10. The average molecular weight is 223 g/mol. The summed E-state index contributed by atoms with van der Waals surface area (Å²) in [6, 6.07) is 8.78. The van der Waals surface area contributed by atoms with Crippen molar-refractivity contribution in [2.75, 3.05) is 6.61 Å². The number of hydrogen-bond acceptors (Lipinski definition) is 3. The molecule has 1 amide bonds. The summed E-state index contributed by atoms with van der Waals surface area (Å²) >= 11 is 0. The van der Waals surface area contributed by atoms with Crippen molar-refractivity contribution < 1.29 is 14.7 Å². The first-order chi connectivity index (χ1) is 7.74. The fraction of sp³-hybridized carbons (Fsp3) is 0.417. The summed E-state index contributed by atoms with van der Waals surface area (Å²) < 4.78 is 0. The van der Waals surface area contributed by atoms with Crippen LogP contribution in [-0.4, -0.2) is 23.7 Å². The van der Waals surface area contributed by atoms with E-state index in [9.17, 15) is 9.90 Å². The topological polar surface area (TPSA) is 58.6 Å². The van der Waals surface area contributed by atoms with Crippen molar-refractivity contribution in [3.05, 3.63) is 35.9 Å². The molecule has 16 heavy (non-hydrogen) atoms. The second-order valence-electron chi connectivity index (χ2n) is 3.55. The van der Waals surface area contributed by atoms with Gasteiger partial charge in [-0.1, -0.05) is 31.5 Å². The van der Waals surface area contributed by atoms with Crippen molar-refractivity contribution >= 4 is 5.91 Å². The summed E-state index contributed by atoms with van der Waals surface area (Å²) in [5.74, 6) is -0.302. The molecule has 1 atom stereocenters. The van der Waals surface area contributed by atoms with Crippen LogP contribution in [0, 0.1) is 0 Å². The highest BCUT2D eigenvalue weighted by molar-refractivity contribution is 5.93. The Bertz CT molecular complexity index is 313. The van der Waals surface area contributed by atoms with Crippen molar-refractivity contribution in [3.63, 3.8) is 0 Å². The highest BCUT2D eigenvalue weighted by Crippen LogP contribution is 1.99. The SMILES string of the molecule is CCCC(O)CONC(=O)c1ccccc1. The van der Waals surface area contributed by atoms with E-state index in [2.05, 4.69) is 5.48 Å². The van der Waals surface area contributed by atoms with Gasteiger partial charge in [0.1, 0.15) is 6.61 Å². The van der Waals surface area contributed by atoms with Crippen molar-refractivity contribution in [2.24, 2.45) is 0 Å². The molecule has 1 unspecified atom stereocenters. The van der Waals surface area contributed by atoms with E-state index < -0.39 is 6.10 Å². The number of aliphatic hydroxyl groups is 1. The summed E-state index contributed by atoms with van der Waals surface area (Å²) in [6.45, 7) is 2.10. The maximum atomic E-state index is 11.5. The molecule has 0 radical (unpaired) electrons. The molecular formula is C12H17NO3. The number of carbonyl (C=O) groups excluding carboxylic acids is 1. The third-order valence-corrected chi connectivity index (χ3v) is 2.10. The van der Waals surface area contributed by atoms with Crippen LogP contribution in [-0.2, 0) is 4.84 Å². The number of aliphatic hydroxyl groups excluding tert-OH is 1. The lowest BCUT2D eigenvalue weighted by Gasteiger charge is -2.10. The van der Waals surface area contributed by atoms with E-state index in [1.54, 1.807) is 24.3 Å². The van der Waals surface area contributed by atoms with Gasteiger partial charge in [0, 0.05) is 5.56 Å². The Morgan fingerprint density at radius 2 is 2.12 bits per heavy atom. The fourth-order valence-electron chi connectivity index (χ4n) is 1.27. The molecule has 0 aliphatic carbocycles. The lowest BCUT2D eigenvalue weighted by Crippen LogP contribution is -2.28. The van der Waals surface area contributed by atoms with Crippen LogP contribution in [0.2, 0.25) is 0 Å². The summed E-state index contributed by atoms with van der Waals surface area (Å²) in [7, 11) is 0. The van der Waals surface area contributed by atoms with Crippen molar-refractivity contribution in [3.8, 4) is 0 Å². The van der Waals surface area contributed by atoms with Gasteiger partial charge in [-0.15, -0.1) is 0 Å². The smallest absolute Gasteiger partial charge is 0.274 e. The van der Waals surface area contributed by atoms with E-state index in [0.29, 0.717) is 12.0 Å². The van der Waals surface area contributed by atoms with Gasteiger partial charge in [0.25, 0.3) is 5.91 Å². The van der Waals surface area contributed by atoms with Crippen LogP contribution in [0.1, 0.15) is 30.1 Å². The highest BCUT2D eigenvalue weighted by Gasteiger charge is 2.06. The number of benzene rings is 1. The maximum absolute atomic E-state index is 11.5. The molecule has 0 aliphatic rings. The van der Waals surface area contributed by atoms with E-state index in [4.69, 9.17) is 4.84 Å². The van der Waals surface area contributed by atoms with Gasteiger partial charge in [-0.2, -0.15) is 0 Å². The maximum Gasteiger partial charge on any atom is 0.274 e. The Balaban J connectivity index is 2.26. The van der Waals surface area contributed by atoms with Gasteiger partial charge in [-0.05, 0) is 18.6 Å². The molecule has 1 rings (SSSR count). The van der Waals surface area contributed by atoms with Crippen LogP contribution in [0.15, 0.2) is 30.3 Å². The Morgan fingerprint density at radius 1 is 1.44 bits per heavy atom. The number of hydroxylamine groups is 1. The third kappa shape index (κ3) is 4.42. The summed E-state index contributed by atoms with van der Waals surface area (Å²) in [4.78, 5) is 16.4. The number of carbonyl (C=O) groups is 1. The Labute approximate surface area is 95.2 Å². The van der Waals surface area contributed by atoms with E-state index in [1.165, 1.54) is 0 Å². The zero-order chi connectivity index (χ0) is 11.8. The average Bonchev–Trinajstić information content (AvgIpc) is 2.30. The van der Waals surface area contributed by atoms with Gasteiger partial charge in [0.15, 0.2) is 0 Å². The van der Waals surface area contributed by atoms with Gasteiger partial charge in [-0.25, -0.2) is 5.48 Å². The summed E-state index contributed by atoms with van der Waals surface area (Å²) in [6.07, 6.45) is 1.03. The number of nitrogens with one attached hydrogen (secondary N) is 1. The van der Waals surface area contributed by atoms with Crippen molar-refractivity contribution in [1.82, 2.24) is 5.48 Å². The van der Waals surface area contributed by atoms with Crippen molar-refractivity contribution in [1.29, 1.82) is 0 Å². The van der Waals surface area contributed by atoms with Crippen LogP contribution >= 0.6 is 0 Å². The largest absolute Gasteiger partial charge is 0.391 e. The Hall–Kier alpha value is -1.39. The molecule has 0 heterocycles. The van der Waals surface area contributed by atoms with Gasteiger partial charge >= 0.3 is 0 Å². The lowest BCUT2D eigenvalue weighted by molar-refractivity contribution is -0.0149. The normalized spacial score (nSPS) is 12.1. The number of hydrogen-bond donors (Lipinski definition) is 2. The van der Waals surface area contributed by atoms with Gasteiger partial charge in [-0.3, -0.25) is 9.63 Å². The van der Waals surface area contributed by atoms with Crippen LogP contribution in [0.25, 0.3) is 0 Å². The van der Waals surface area contributed by atoms with Crippen LogP contribution in [0.5, 0.6) is 0 Å². The fourth-order valence-corrected chi connectivity index (χ4v) is 1.27. The highest BCUT2D eigenvalue weighted by atomic mass is 16.7. The first-order valence-corrected chi connectivity index (χ1v) is 5.39. The molecule has 4 heteroatoms. The first kappa shape index (κ1) is 12.7. The molecule has 0 saturated heterocycles. The minimum Gasteiger partial charge on any atom is -0.391 e. The molecule has 2 N–H and O–H groups in total. The predicted molar refractivity (Wildman–Crippen MR) is 60.8 cm³/mol. The van der Waals surface area contributed by atoms with E-state index >= 15 is 0 Å². The molecule has 0 saturated carbocycles. The zero-order valence-corrected chi connectivity index (χ0v) is 9.35. The van der Waals surface area contributed by atoms with Crippen LogP contribution < -0.4 is 5.48 Å². The summed E-state index contributed by atoms with van der Waals surface area (Å²) in [5.41, 5.74) is 2.82. The minimum absolute atomic E-state index is 0.117. The summed E-state index contributed by atoms with van der Waals surface area (Å²) in [5, 5.41) is 9.36. The Kier molecular flexibility index (Phi) is 5.53. The molecule has 1 aromatic rings. The van der Waals surface area contributed by atoms with Crippen molar-refractivity contribution in [2.45, 2.75) is 25.9 Å². The molecule has 0 aliphatic heterocycles.